The minimum atomic E-state index is -1.18. The van der Waals surface area contributed by atoms with Gasteiger partial charge in [0.2, 0.25) is 0 Å². The Balaban J connectivity index is 1.13. The summed E-state index contributed by atoms with van der Waals surface area (Å²) in [5.41, 5.74) is -0.0879. The van der Waals surface area contributed by atoms with Gasteiger partial charge < -0.3 is 15.1 Å². The van der Waals surface area contributed by atoms with Crippen LogP contribution in [-0.4, -0.2) is 68.4 Å². The van der Waals surface area contributed by atoms with E-state index < -0.39 is 17.0 Å². The maximum absolute atomic E-state index is 15.5. The van der Waals surface area contributed by atoms with Crippen molar-refractivity contribution >= 4 is 28.4 Å². The monoisotopic (exact) mass is 499 g/mol. The Morgan fingerprint density at radius 2 is 1.65 bits per heavy atom. The number of benzene rings is 3. The van der Waals surface area contributed by atoms with E-state index in [4.69, 9.17) is 4.99 Å². The van der Waals surface area contributed by atoms with Crippen LogP contribution in [0.1, 0.15) is 31.2 Å². The lowest BCUT2D eigenvalue weighted by atomic mass is 9.97. The Kier molecular flexibility index (Phi) is 4.61. The Morgan fingerprint density at radius 3 is 2.35 bits per heavy atom. The number of likely N-dealkylation sites (tertiary alicyclic amines) is 1. The molecule has 2 aliphatic heterocycles. The Hall–Kier alpha value is -3.78. The second-order valence-electron chi connectivity index (χ2n) is 10.9. The number of hydrogen-bond donors (Lipinski definition) is 2. The Bertz CT molecular complexity index is 1520. The highest BCUT2D eigenvalue weighted by Gasteiger charge is 2.58. The summed E-state index contributed by atoms with van der Waals surface area (Å²) in [5, 5.41) is 21.6. The summed E-state index contributed by atoms with van der Waals surface area (Å²) in [6, 6.07) is 15.9. The molecule has 2 heterocycles. The van der Waals surface area contributed by atoms with Crippen LogP contribution in [0.4, 0.5) is 4.39 Å². The molecule has 2 saturated carbocycles. The molecule has 7 rings (SSSR count). The fraction of sp³-hybridized carbons (Fsp3) is 0.345. The molecule has 0 bridgehead atoms. The number of hydrogen-bond acceptors (Lipinski definition) is 5. The first-order valence-corrected chi connectivity index (χ1v) is 12.7. The lowest BCUT2D eigenvalue weighted by Crippen LogP contribution is -2.57. The van der Waals surface area contributed by atoms with Gasteiger partial charge in [-0.2, -0.15) is 0 Å². The number of aliphatic imine (C=N–C) groups is 1. The fourth-order valence-corrected chi connectivity index (χ4v) is 5.50. The number of halogens is 1. The van der Waals surface area contributed by atoms with Gasteiger partial charge in [0.1, 0.15) is 28.5 Å². The minimum Gasteiger partial charge on any atom is -0.508 e. The van der Waals surface area contributed by atoms with Crippen molar-refractivity contribution in [3.05, 3.63) is 66.0 Å². The normalized spacial score (nSPS) is 21.4. The summed E-state index contributed by atoms with van der Waals surface area (Å²) < 4.78 is 15.5. The summed E-state index contributed by atoms with van der Waals surface area (Å²) in [6.45, 7) is 1.33. The molecule has 8 heteroatoms. The van der Waals surface area contributed by atoms with Gasteiger partial charge in [-0.15, -0.1) is 0 Å². The SMILES string of the molecule is O=C(N1CC(CN2C(=O)C3(CC3)N=C2c2ccc(-c3ccc4cc(O)ccc4c3)cc2F)C1)C1(O)CC1. The molecule has 3 aromatic rings. The molecule has 3 fully saturated rings. The van der Waals surface area contributed by atoms with Gasteiger partial charge in [0, 0.05) is 25.6 Å². The van der Waals surface area contributed by atoms with E-state index in [1.807, 2.05) is 30.3 Å². The highest BCUT2D eigenvalue weighted by atomic mass is 19.1. The number of rotatable bonds is 5. The van der Waals surface area contributed by atoms with Gasteiger partial charge in [0.15, 0.2) is 0 Å². The summed E-state index contributed by atoms with van der Waals surface area (Å²) in [6.07, 6.45) is 2.35. The molecule has 2 N–H and O–H groups in total. The lowest BCUT2D eigenvalue weighted by molar-refractivity contribution is -0.149. The first kappa shape index (κ1) is 22.4. The molecular formula is C29H26FN3O4. The minimum absolute atomic E-state index is 0.0636. The van der Waals surface area contributed by atoms with Crippen LogP contribution in [0.2, 0.25) is 0 Å². The molecule has 1 spiro atoms. The Morgan fingerprint density at radius 1 is 0.973 bits per heavy atom. The second-order valence-corrected chi connectivity index (χ2v) is 10.9. The maximum Gasteiger partial charge on any atom is 0.256 e. The second kappa shape index (κ2) is 7.61. The molecule has 2 amide bonds. The number of carbonyl (C=O) groups is 2. The van der Waals surface area contributed by atoms with Gasteiger partial charge in [0.25, 0.3) is 11.8 Å². The molecule has 188 valence electrons. The third-order valence-corrected chi connectivity index (χ3v) is 8.12. The average molecular weight is 500 g/mol. The average Bonchev–Trinajstić information content (AvgIpc) is 3.78. The van der Waals surface area contributed by atoms with Gasteiger partial charge >= 0.3 is 0 Å². The third-order valence-electron chi connectivity index (χ3n) is 8.12. The zero-order valence-electron chi connectivity index (χ0n) is 20.2. The third kappa shape index (κ3) is 3.62. The van der Waals surface area contributed by atoms with E-state index in [9.17, 15) is 19.8 Å². The number of aromatic hydroxyl groups is 1. The van der Waals surface area contributed by atoms with Gasteiger partial charge in [-0.3, -0.25) is 19.5 Å². The van der Waals surface area contributed by atoms with Crippen molar-refractivity contribution in [1.82, 2.24) is 9.80 Å². The van der Waals surface area contributed by atoms with E-state index >= 15 is 4.39 Å². The number of fused-ring (bicyclic) bond motifs is 1. The molecular weight excluding hydrogens is 473 g/mol. The summed E-state index contributed by atoms with van der Waals surface area (Å²) >= 11 is 0. The van der Waals surface area contributed by atoms with Crippen LogP contribution >= 0.6 is 0 Å². The number of nitrogens with zero attached hydrogens (tertiary/aromatic N) is 3. The number of phenolic OH excluding ortho intramolecular Hbond substituents is 1. The zero-order valence-corrected chi connectivity index (χ0v) is 20.2. The summed E-state index contributed by atoms with van der Waals surface area (Å²) in [7, 11) is 0. The predicted octanol–water partition coefficient (Wildman–Crippen LogP) is 3.46. The molecule has 37 heavy (non-hydrogen) atoms. The number of amidine groups is 1. The maximum atomic E-state index is 15.5. The predicted molar refractivity (Wildman–Crippen MR) is 135 cm³/mol. The van der Waals surface area contributed by atoms with Gasteiger partial charge in [-0.1, -0.05) is 24.3 Å². The number of aliphatic hydroxyl groups is 1. The van der Waals surface area contributed by atoms with Crippen LogP contribution in [-0.2, 0) is 9.59 Å². The van der Waals surface area contributed by atoms with E-state index in [0.717, 1.165) is 16.3 Å². The van der Waals surface area contributed by atoms with E-state index in [2.05, 4.69) is 0 Å². The molecule has 0 atom stereocenters. The quantitative estimate of drug-likeness (QED) is 0.562. The molecule has 1 saturated heterocycles. The standard InChI is InChI=1S/C29H26FN3O4/c30-24-13-21(18-1-2-20-12-22(34)5-3-19(20)11-18)4-6-23(24)25-31-28(7-8-28)26(35)33(25)16-17-14-32(15-17)27(36)29(37)9-10-29/h1-6,11-13,17,34,37H,7-10,14-16H2. The van der Waals surface area contributed by atoms with E-state index in [-0.39, 0.29) is 23.5 Å². The van der Waals surface area contributed by atoms with Crippen molar-refractivity contribution in [2.75, 3.05) is 19.6 Å². The largest absolute Gasteiger partial charge is 0.508 e. The van der Waals surface area contributed by atoms with Crippen molar-refractivity contribution in [1.29, 1.82) is 0 Å². The van der Waals surface area contributed by atoms with E-state index in [0.29, 0.717) is 62.3 Å². The van der Waals surface area contributed by atoms with Crippen LogP contribution in [0.5, 0.6) is 5.75 Å². The van der Waals surface area contributed by atoms with Crippen LogP contribution < -0.4 is 0 Å². The topological polar surface area (TPSA) is 93.4 Å². The summed E-state index contributed by atoms with van der Waals surface area (Å²) in [4.78, 5) is 33.5. The first-order valence-electron chi connectivity index (χ1n) is 12.7. The van der Waals surface area contributed by atoms with Crippen LogP contribution in [0, 0.1) is 11.7 Å². The van der Waals surface area contributed by atoms with Gasteiger partial charge in [0.05, 0.1) is 5.56 Å². The number of carbonyl (C=O) groups excluding carboxylic acids is 2. The van der Waals surface area contributed by atoms with Crippen molar-refractivity contribution in [3.8, 4) is 16.9 Å². The smallest absolute Gasteiger partial charge is 0.256 e. The first-order chi connectivity index (χ1) is 17.7. The zero-order chi connectivity index (χ0) is 25.5. The molecule has 2 aliphatic carbocycles. The van der Waals surface area contributed by atoms with Crippen molar-refractivity contribution in [3.63, 3.8) is 0 Å². The number of amides is 2. The molecule has 4 aliphatic rings. The van der Waals surface area contributed by atoms with E-state index in [1.54, 1.807) is 28.0 Å². The molecule has 0 aromatic heterocycles. The van der Waals surface area contributed by atoms with Crippen LogP contribution in [0.25, 0.3) is 21.9 Å². The fourth-order valence-electron chi connectivity index (χ4n) is 5.50. The van der Waals surface area contributed by atoms with Crippen LogP contribution in [0.3, 0.4) is 0 Å². The van der Waals surface area contributed by atoms with Crippen LogP contribution in [0.15, 0.2) is 59.6 Å². The molecule has 0 radical (unpaired) electrons. The molecule has 3 aromatic carbocycles. The molecule has 7 nitrogen and oxygen atoms in total. The van der Waals surface area contributed by atoms with Gasteiger partial charge in [-0.05, 0) is 77.9 Å². The Labute approximate surface area is 212 Å². The number of phenols is 1. The lowest BCUT2D eigenvalue weighted by Gasteiger charge is -2.42. The summed E-state index contributed by atoms with van der Waals surface area (Å²) in [5.74, 6) is -0.133. The van der Waals surface area contributed by atoms with Crippen molar-refractivity contribution < 1.29 is 24.2 Å². The van der Waals surface area contributed by atoms with E-state index in [1.165, 1.54) is 6.07 Å². The van der Waals surface area contributed by atoms with Gasteiger partial charge in [-0.25, -0.2) is 4.39 Å². The molecule has 0 unspecified atom stereocenters. The van der Waals surface area contributed by atoms with Crippen molar-refractivity contribution in [2.45, 2.75) is 36.8 Å². The highest BCUT2D eigenvalue weighted by molar-refractivity contribution is 6.16. The van der Waals surface area contributed by atoms with Crippen molar-refractivity contribution in [2.24, 2.45) is 10.9 Å². The highest BCUT2D eigenvalue weighted by Crippen LogP contribution is 2.47.